The van der Waals surface area contributed by atoms with Gasteiger partial charge in [-0.1, -0.05) is 31.3 Å². The maximum atomic E-state index is 14.0. The van der Waals surface area contributed by atoms with Crippen molar-refractivity contribution < 1.29 is 33.3 Å². The summed E-state index contributed by atoms with van der Waals surface area (Å²) in [6.45, 7) is 6.67. The Morgan fingerprint density at radius 2 is 1.95 bits per heavy atom. The second kappa shape index (κ2) is 11.3. The number of fused-ring (bicyclic) bond motifs is 2. The number of ether oxygens (including phenoxy) is 3. The molecule has 1 aromatic heterocycles. The molecular weight excluding hydrogens is 571 g/mol. The summed E-state index contributed by atoms with van der Waals surface area (Å²) < 4.78 is 31.9. The highest BCUT2D eigenvalue weighted by Gasteiger charge is 2.48. The molecule has 4 aromatic rings. The second-order valence-electron chi connectivity index (χ2n) is 11.2. The van der Waals surface area contributed by atoms with Crippen molar-refractivity contribution in [2.24, 2.45) is 5.92 Å². The molecule has 2 unspecified atom stereocenters. The van der Waals surface area contributed by atoms with Gasteiger partial charge in [0.25, 0.3) is 5.78 Å². The number of thiazole rings is 1. The second-order valence-corrected chi connectivity index (χ2v) is 12.2. The molecule has 3 aromatic carbocycles. The summed E-state index contributed by atoms with van der Waals surface area (Å²) in [5.41, 5.74) is 2.21. The average Bonchev–Trinajstić information content (AvgIpc) is 3.64. The van der Waals surface area contributed by atoms with Gasteiger partial charge in [0.1, 0.15) is 23.4 Å². The highest BCUT2D eigenvalue weighted by molar-refractivity contribution is 7.22. The molecular formula is C33H31FN2O6S. The number of hydrogen-bond acceptors (Lipinski definition) is 8. The molecule has 6 rings (SSSR count). The summed E-state index contributed by atoms with van der Waals surface area (Å²) in [7, 11) is 1.51. The number of aromatic nitrogens is 1. The summed E-state index contributed by atoms with van der Waals surface area (Å²) in [5.74, 6) is -0.323. The van der Waals surface area contributed by atoms with E-state index in [1.54, 1.807) is 36.4 Å². The zero-order chi connectivity index (χ0) is 30.4. The van der Waals surface area contributed by atoms with Gasteiger partial charge in [-0.25, -0.2) is 9.37 Å². The van der Waals surface area contributed by atoms with Gasteiger partial charge < -0.3 is 19.3 Å². The summed E-state index contributed by atoms with van der Waals surface area (Å²) >= 11 is 1.09. The number of amides is 1. The van der Waals surface area contributed by atoms with Crippen LogP contribution in [0.25, 0.3) is 16.0 Å². The molecule has 1 saturated heterocycles. The van der Waals surface area contributed by atoms with Crippen LogP contribution in [-0.2, 0) is 16.0 Å². The number of carbonyl (C=O) groups excluding carboxylic acids is 2. The van der Waals surface area contributed by atoms with Crippen LogP contribution < -0.4 is 19.1 Å². The minimum atomic E-state index is -1.03. The van der Waals surface area contributed by atoms with E-state index < -0.39 is 23.5 Å². The van der Waals surface area contributed by atoms with Gasteiger partial charge >= 0.3 is 5.91 Å². The SMILES string of the molecule is COc1cc(C2/C(=C(\O)c3ccc4c(c3)CC(C)O4)C(=O)C(=O)N2c2nc3ccc(F)cc3s2)ccc1OCCC(C)C. The fourth-order valence-electron chi connectivity index (χ4n) is 5.44. The minimum Gasteiger partial charge on any atom is -0.507 e. The fraction of sp³-hybridized carbons (Fsp3) is 0.303. The lowest BCUT2D eigenvalue weighted by Crippen LogP contribution is -2.29. The molecule has 1 fully saturated rings. The molecule has 0 saturated carbocycles. The Hall–Kier alpha value is -4.44. The van der Waals surface area contributed by atoms with Crippen LogP contribution in [0.3, 0.4) is 0 Å². The van der Waals surface area contributed by atoms with E-state index in [2.05, 4.69) is 18.8 Å². The third-order valence-electron chi connectivity index (χ3n) is 7.62. The first kappa shape index (κ1) is 28.7. The van der Waals surface area contributed by atoms with E-state index in [1.165, 1.54) is 30.2 Å². The number of aliphatic hydroxyl groups is 1. The normalized spacial score (nSPS) is 19.3. The van der Waals surface area contributed by atoms with Crippen molar-refractivity contribution >= 4 is 44.1 Å². The number of methoxy groups -OCH3 is 1. The fourth-order valence-corrected chi connectivity index (χ4v) is 6.45. The molecule has 3 heterocycles. The Balaban J connectivity index is 1.49. The third-order valence-corrected chi connectivity index (χ3v) is 8.63. The zero-order valence-corrected chi connectivity index (χ0v) is 25.0. The number of anilines is 1. The van der Waals surface area contributed by atoms with Gasteiger partial charge in [0.2, 0.25) is 0 Å². The summed E-state index contributed by atoms with van der Waals surface area (Å²) in [4.78, 5) is 33.2. The topological polar surface area (TPSA) is 98.2 Å². The lowest BCUT2D eigenvalue weighted by atomic mass is 9.94. The first-order chi connectivity index (χ1) is 20.6. The van der Waals surface area contributed by atoms with Crippen LogP contribution in [0.4, 0.5) is 9.52 Å². The Labute approximate surface area is 252 Å². The maximum Gasteiger partial charge on any atom is 0.301 e. The highest BCUT2D eigenvalue weighted by atomic mass is 32.1. The lowest BCUT2D eigenvalue weighted by Gasteiger charge is -2.24. The van der Waals surface area contributed by atoms with Crippen molar-refractivity contribution in [3.8, 4) is 17.2 Å². The molecule has 2 aliphatic heterocycles. The van der Waals surface area contributed by atoms with Gasteiger partial charge in [-0.2, -0.15) is 0 Å². The standard InChI is InChI=1S/C33H31FN2O6S/c1-17(2)11-12-41-25-10-5-19(15-26(25)40-4)29-28(30(37)20-6-9-24-21(14-20)13-18(3)42-24)31(38)32(39)36(29)33-35-23-8-7-22(34)16-27(23)43-33/h5-10,14-18,29,37H,11-13H2,1-4H3/b30-28+. The van der Waals surface area contributed by atoms with Gasteiger partial charge in [0.05, 0.1) is 35.5 Å². The molecule has 222 valence electrons. The van der Waals surface area contributed by atoms with E-state index in [4.69, 9.17) is 14.2 Å². The lowest BCUT2D eigenvalue weighted by molar-refractivity contribution is -0.132. The number of carbonyl (C=O) groups is 2. The Morgan fingerprint density at radius 3 is 2.72 bits per heavy atom. The predicted molar refractivity (Wildman–Crippen MR) is 163 cm³/mol. The van der Waals surface area contributed by atoms with Crippen molar-refractivity contribution in [3.05, 3.63) is 82.7 Å². The molecule has 2 atom stereocenters. The van der Waals surface area contributed by atoms with Crippen LogP contribution in [0.15, 0.2) is 60.2 Å². The van der Waals surface area contributed by atoms with Crippen LogP contribution in [0.1, 0.15) is 49.9 Å². The molecule has 1 amide bonds. The summed E-state index contributed by atoms with van der Waals surface area (Å²) in [6.07, 6.45) is 1.51. The van der Waals surface area contributed by atoms with E-state index in [1.807, 2.05) is 6.92 Å². The van der Waals surface area contributed by atoms with Crippen molar-refractivity contribution in [2.75, 3.05) is 18.6 Å². The first-order valence-corrected chi connectivity index (χ1v) is 14.9. The van der Waals surface area contributed by atoms with Crippen LogP contribution in [0.5, 0.6) is 17.2 Å². The monoisotopic (exact) mass is 602 g/mol. The van der Waals surface area contributed by atoms with Crippen LogP contribution >= 0.6 is 11.3 Å². The number of Topliss-reactive ketones (excluding diaryl/α,β-unsaturated/α-hetero) is 1. The number of halogens is 1. The van der Waals surface area contributed by atoms with Gasteiger partial charge in [-0.3, -0.25) is 14.5 Å². The Kier molecular flexibility index (Phi) is 7.56. The number of rotatable bonds is 8. The van der Waals surface area contributed by atoms with Gasteiger partial charge in [0.15, 0.2) is 16.6 Å². The highest BCUT2D eigenvalue weighted by Crippen LogP contribution is 2.46. The zero-order valence-electron chi connectivity index (χ0n) is 24.2. The Morgan fingerprint density at radius 1 is 1.14 bits per heavy atom. The summed E-state index contributed by atoms with van der Waals surface area (Å²) in [5, 5.41) is 11.9. The van der Waals surface area contributed by atoms with E-state index in [9.17, 15) is 19.1 Å². The van der Waals surface area contributed by atoms with E-state index in [0.717, 1.165) is 29.1 Å². The molecule has 0 aliphatic carbocycles. The van der Waals surface area contributed by atoms with Crippen molar-refractivity contribution in [1.29, 1.82) is 0 Å². The quantitative estimate of drug-likeness (QED) is 0.134. The largest absolute Gasteiger partial charge is 0.507 e. The molecule has 43 heavy (non-hydrogen) atoms. The van der Waals surface area contributed by atoms with Crippen LogP contribution in [0, 0.1) is 11.7 Å². The number of hydrogen-bond donors (Lipinski definition) is 1. The van der Waals surface area contributed by atoms with Gasteiger partial charge in [0, 0.05) is 12.0 Å². The number of ketones is 1. The maximum absolute atomic E-state index is 14.0. The Bertz CT molecular complexity index is 1780. The third kappa shape index (κ3) is 5.31. The van der Waals surface area contributed by atoms with Gasteiger partial charge in [-0.15, -0.1) is 0 Å². The van der Waals surface area contributed by atoms with Crippen molar-refractivity contribution in [3.63, 3.8) is 0 Å². The van der Waals surface area contributed by atoms with Crippen LogP contribution in [-0.4, -0.2) is 41.6 Å². The minimum absolute atomic E-state index is 0.00409. The van der Waals surface area contributed by atoms with Gasteiger partial charge in [-0.05, 0) is 78.9 Å². The van der Waals surface area contributed by atoms with Crippen LogP contribution in [0.2, 0.25) is 0 Å². The first-order valence-electron chi connectivity index (χ1n) is 14.1. The smallest absolute Gasteiger partial charge is 0.301 e. The molecule has 0 spiro atoms. The number of benzene rings is 3. The van der Waals surface area contributed by atoms with Crippen molar-refractivity contribution in [2.45, 2.75) is 45.8 Å². The van der Waals surface area contributed by atoms with Crippen molar-refractivity contribution in [1.82, 2.24) is 4.98 Å². The van der Waals surface area contributed by atoms with E-state index in [0.29, 0.717) is 51.8 Å². The molecule has 0 bridgehead atoms. The molecule has 10 heteroatoms. The molecule has 2 aliphatic rings. The average molecular weight is 603 g/mol. The molecule has 1 N–H and O–H groups in total. The van der Waals surface area contributed by atoms with E-state index in [-0.39, 0.29) is 22.6 Å². The van der Waals surface area contributed by atoms with E-state index >= 15 is 0 Å². The predicted octanol–water partition coefficient (Wildman–Crippen LogP) is 6.82. The molecule has 8 nitrogen and oxygen atoms in total. The molecule has 0 radical (unpaired) electrons. The number of nitrogens with zero attached hydrogens (tertiary/aromatic N) is 2. The summed E-state index contributed by atoms with van der Waals surface area (Å²) in [6, 6.07) is 13.5. The number of aliphatic hydroxyl groups excluding tert-OH is 1.